The highest BCUT2D eigenvalue weighted by Gasteiger charge is 2.08. The lowest BCUT2D eigenvalue weighted by atomic mass is 10.2. The number of rotatable bonds is 3. The van der Waals surface area contributed by atoms with Crippen molar-refractivity contribution in [2.45, 2.75) is 0 Å². The first-order chi connectivity index (χ1) is 9.72. The molecule has 4 nitrogen and oxygen atoms in total. The topological polar surface area (TPSA) is 49.8 Å². The Kier molecular flexibility index (Phi) is 3.43. The Morgan fingerprint density at radius 1 is 1.15 bits per heavy atom. The first-order valence-corrected chi connectivity index (χ1v) is 6.90. The van der Waals surface area contributed by atoms with E-state index in [-0.39, 0.29) is 5.91 Å². The molecule has 0 saturated carbocycles. The van der Waals surface area contributed by atoms with Crippen molar-refractivity contribution in [2.24, 2.45) is 0 Å². The molecule has 1 aromatic carbocycles. The summed E-state index contributed by atoms with van der Waals surface area (Å²) in [6, 6.07) is 13.4. The maximum absolute atomic E-state index is 12.1. The van der Waals surface area contributed by atoms with E-state index in [1.807, 2.05) is 53.4 Å². The van der Waals surface area contributed by atoms with E-state index in [0.717, 1.165) is 15.8 Å². The molecule has 0 fully saturated rings. The van der Waals surface area contributed by atoms with Crippen LogP contribution < -0.4 is 5.32 Å². The van der Waals surface area contributed by atoms with Gasteiger partial charge in [0.15, 0.2) is 0 Å². The second-order valence-corrected chi connectivity index (χ2v) is 5.24. The Morgan fingerprint density at radius 3 is 2.65 bits per heavy atom. The minimum Gasteiger partial charge on any atom is -0.356 e. The molecule has 100 valence electrons. The predicted molar refractivity (Wildman–Crippen MR) is 82.2 cm³/mol. The quantitative estimate of drug-likeness (QED) is 0.754. The molecule has 2 aromatic heterocycles. The number of H-pyrrole nitrogens is 1. The van der Waals surface area contributed by atoms with E-state index in [1.165, 1.54) is 0 Å². The molecule has 0 saturated heterocycles. The number of nitrogens with zero attached hydrogens (tertiary/aromatic N) is 1. The summed E-state index contributed by atoms with van der Waals surface area (Å²) in [4.78, 5) is 15.0. The van der Waals surface area contributed by atoms with Crippen molar-refractivity contribution in [1.82, 2.24) is 9.55 Å². The van der Waals surface area contributed by atoms with Gasteiger partial charge in [-0.2, -0.15) is 0 Å². The third-order valence-corrected chi connectivity index (χ3v) is 3.36. The lowest BCUT2D eigenvalue weighted by molar-refractivity contribution is 0.102. The molecule has 0 bridgehead atoms. The smallest absolute Gasteiger partial charge is 0.272 e. The lowest BCUT2D eigenvalue weighted by Gasteiger charge is -2.07. The van der Waals surface area contributed by atoms with Crippen molar-refractivity contribution >= 4 is 27.5 Å². The zero-order valence-corrected chi connectivity index (χ0v) is 12.1. The van der Waals surface area contributed by atoms with E-state index < -0.39 is 0 Å². The van der Waals surface area contributed by atoms with Gasteiger partial charge in [-0.25, -0.2) is 0 Å². The number of hydrogen-bond donors (Lipinski definition) is 2. The summed E-state index contributed by atoms with van der Waals surface area (Å²) < 4.78 is 2.84. The molecule has 20 heavy (non-hydrogen) atoms. The molecule has 0 atom stereocenters. The van der Waals surface area contributed by atoms with Gasteiger partial charge in [0.2, 0.25) is 0 Å². The van der Waals surface area contributed by atoms with Crippen molar-refractivity contribution in [1.29, 1.82) is 0 Å². The molecule has 3 aromatic rings. The van der Waals surface area contributed by atoms with Crippen LogP contribution in [0, 0.1) is 0 Å². The van der Waals surface area contributed by atoms with Crippen molar-refractivity contribution in [3.8, 4) is 5.69 Å². The number of carbonyl (C=O) groups is 1. The lowest BCUT2D eigenvalue weighted by Crippen LogP contribution is -2.12. The zero-order chi connectivity index (χ0) is 13.9. The summed E-state index contributed by atoms with van der Waals surface area (Å²) >= 11 is 3.31. The van der Waals surface area contributed by atoms with E-state index in [1.54, 1.807) is 12.3 Å². The fourth-order valence-corrected chi connectivity index (χ4v) is 2.29. The number of anilines is 1. The number of amides is 1. The van der Waals surface area contributed by atoms with Gasteiger partial charge in [-0.3, -0.25) is 4.79 Å². The highest BCUT2D eigenvalue weighted by Crippen LogP contribution is 2.17. The summed E-state index contributed by atoms with van der Waals surface area (Å²) in [5.74, 6) is -0.166. The summed E-state index contributed by atoms with van der Waals surface area (Å²) in [6.07, 6.45) is 5.65. The van der Waals surface area contributed by atoms with Gasteiger partial charge < -0.3 is 14.9 Å². The molecule has 2 N–H and O–H groups in total. The van der Waals surface area contributed by atoms with Crippen LogP contribution in [0.5, 0.6) is 0 Å². The maximum atomic E-state index is 12.1. The SMILES string of the molecule is O=C(Nc1cccc(-n2cccc2)c1)c1cc(Br)c[nH]1. The zero-order valence-electron chi connectivity index (χ0n) is 10.5. The monoisotopic (exact) mass is 329 g/mol. The van der Waals surface area contributed by atoms with Crippen molar-refractivity contribution < 1.29 is 4.79 Å². The number of nitrogens with one attached hydrogen (secondary N) is 2. The van der Waals surface area contributed by atoms with Gasteiger partial charge in [-0.1, -0.05) is 6.07 Å². The van der Waals surface area contributed by atoms with Gasteiger partial charge in [0.05, 0.1) is 0 Å². The van der Waals surface area contributed by atoms with Gasteiger partial charge in [-0.05, 0) is 52.3 Å². The van der Waals surface area contributed by atoms with Gasteiger partial charge in [0.1, 0.15) is 5.69 Å². The second kappa shape index (κ2) is 5.38. The van der Waals surface area contributed by atoms with Crippen LogP contribution in [0.2, 0.25) is 0 Å². The van der Waals surface area contributed by atoms with Crippen LogP contribution in [0.25, 0.3) is 5.69 Å². The molecule has 0 radical (unpaired) electrons. The van der Waals surface area contributed by atoms with Gasteiger partial charge in [-0.15, -0.1) is 0 Å². The van der Waals surface area contributed by atoms with Crippen LogP contribution in [0.3, 0.4) is 0 Å². The van der Waals surface area contributed by atoms with Crippen LogP contribution in [0.1, 0.15) is 10.5 Å². The molecular weight excluding hydrogens is 318 g/mol. The van der Waals surface area contributed by atoms with Gasteiger partial charge in [0.25, 0.3) is 5.91 Å². The fourth-order valence-electron chi connectivity index (χ4n) is 1.95. The number of hydrogen-bond acceptors (Lipinski definition) is 1. The van der Waals surface area contributed by atoms with Crippen molar-refractivity contribution in [2.75, 3.05) is 5.32 Å². The Balaban J connectivity index is 1.81. The second-order valence-electron chi connectivity index (χ2n) is 4.33. The Hall–Kier alpha value is -2.27. The highest BCUT2D eigenvalue weighted by atomic mass is 79.9. The molecule has 5 heteroatoms. The van der Waals surface area contributed by atoms with E-state index in [0.29, 0.717) is 5.69 Å². The van der Waals surface area contributed by atoms with Crippen LogP contribution in [-0.2, 0) is 0 Å². The molecule has 0 aliphatic rings. The van der Waals surface area contributed by atoms with Crippen LogP contribution in [-0.4, -0.2) is 15.5 Å². The molecule has 3 rings (SSSR count). The first kappa shape index (κ1) is 12.7. The largest absolute Gasteiger partial charge is 0.356 e. The van der Waals surface area contributed by atoms with Gasteiger partial charge in [0, 0.05) is 34.4 Å². The van der Waals surface area contributed by atoms with E-state index in [4.69, 9.17) is 0 Å². The molecule has 0 aliphatic heterocycles. The number of halogens is 1. The van der Waals surface area contributed by atoms with Crippen molar-refractivity contribution in [3.05, 3.63) is 71.2 Å². The van der Waals surface area contributed by atoms with Crippen LogP contribution in [0.15, 0.2) is 65.5 Å². The molecule has 0 aliphatic carbocycles. The Labute approximate surface area is 124 Å². The third-order valence-electron chi connectivity index (χ3n) is 2.90. The molecule has 0 spiro atoms. The Bertz CT molecular complexity index is 731. The summed E-state index contributed by atoms with van der Waals surface area (Å²) in [7, 11) is 0. The first-order valence-electron chi connectivity index (χ1n) is 6.11. The number of aromatic nitrogens is 2. The molecule has 2 heterocycles. The van der Waals surface area contributed by atoms with Crippen molar-refractivity contribution in [3.63, 3.8) is 0 Å². The number of aromatic amines is 1. The Morgan fingerprint density at radius 2 is 1.95 bits per heavy atom. The van der Waals surface area contributed by atoms with E-state index >= 15 is 0 Å². The third kappa shape index (κ3) is 2.67. The average Bonchev–Trinajstić information content (AvgIpc) is 3.10. The molecular formula is C15H12BrN3O. The van der Waals surface area contributed by atoms with E-state index in [2.05, 4.69) is 26.2 Å². The molecule has 1 amide bonds. The average molecular weight is 330 g/mol. The minimum absolute atomic E-state index is 0.166. The minimum atomic E-state index is -0.166. The van der Waals surface area contributed by atoms with Gasteiger partial charge >= 0.3 is 0 Å². The van der Waals surface area contributed by atoms with E-state index in [9.17, 15) is 4.79 Å². The fraction of sp³-hybridized carbons (Fsp3) is 0. The summed E-state index contributed by atoms with van der Waals surface area (Å²) in [5.41, 5.74) is 2.27. The molecule has 0 unspecified atom stereocenters. The number of carbonyl (C=O) groups excluding carboxylic acids is 1. The van der Waals surface area contributed by atoms with Crippen LogP contribution >= 0.6 is 15.9 Å². The van der Waals surface area contributed by atoms with Crippen LogP contribution in [0.4, 0.5) is 5.69 Å². The maximum Gasteiger partial charge on any atom is 0.272 e. The summed E-state index contributed by atoms with van der Waals surface area (Å²) in [6.45, 7) is 0. The summed E-state index contributed by atoms with van der Waals surface area (Å²) in [5, 5.41) is 2.87. The standard InChI is InChI=1S/C15H12BrN3O/c16-11-8-14(17-10-11)15(20)18-12-4-3-5-13(9-12)19-6-1-2-7-19/h1-10,17H,(H,18,20). The number of benzene rings is 1. The highest BCUT2D eigenvalue weighted by molar-refractivity contribution is 9.10. The normalized spacial score (nSPS) is 10.4. The predicted octanol–water partition coefficient (Wildman–Crippen LogP) is 3.82.